The largest absolute Gasteiger partial charge is 0.380 e. The van der Waals surface area contributed by atoms with Crippen LogP contribution in [-0.4, -0.2) is 15.0 Å². The third-order valence-corrected chi connectivity index (χ3v) is 4.86. The molecule has 0 unspecified atom stereocenters. The number of anilines is 3. The van der Waals surface area contributed by atoms with Crippen LogP contribution in [0.1, 0.15) is 11.1 Å². The predicted molar refractivity (Wildman–Crippen MR) is 111 cm³/mol. The highest BCUT2D eigenvalue weighted by molar-refractivity contribution is 7.13. The molecule has 0 radical (unpaired) electrons. The summed E-state index contributed by atoms with van der Waals surface area (Å²) in [5.74, 6) is 1.55. The quantitative estimate of drug-likeness (QED) is 0.482. The summed E-state index contributed by atoms with van der Waals surface area (Å²) in [6.07, 6.45) is 3.62. The lowest BCUT2D eigenvalue weighted by Gasteiger charge is -2.11. The second-order valence-corrected chi connectivity index (χ2v) is 6.99. The Kier molecular flexibility index (Phi) is 5.07. The molecule has 0 saturated heterocycles. The number of pyridine rings is 2. The van der Waals surface area contributed by atoms with Crippen molar-refractivity contribution in [3.63, 3.8) is 0 Å². The van der Waals surface area contributed by atoms with Gasteiger partial charge in [0, 0.05) is 18.1 Å². The molecule has 4 rings (SSSR count). The van der Waals surface area contributed by atoms with Gasteiger partial charge in [-0.2, -0.15) is 0 Å². The zero-order chi connectivity index (χ0) is 18.5. The fraction of sp³-hybridized carbons (Fsp3) is 0.0952. The minimum atomic E-state index is 0.753. The van der Waals surface area contributed by atoms with Crippen LogP contribution >= 0.6 is 11.3 Å². The first-order valence-electron chi connectivity index (χ1n) is 8.66. The van der Waals surface area contributed by atoms with Crippen LogP contribution < -0.4 is 10.6 Å². The number of nitrogens with one attached hydrogen (secondary N) is 2. The van der Waals surface area contributed by atoms with Gasteiger partial charge in [-0.15, -0.1) is 11.3 Å². The second kappa shape index (κ2) is 7.97. The van der Waals surface area contributed by atoms with Gasteiger partial charge in [-0.05, 0) is 36.2 Å². The molecule has 0 bridgehead atoms. The van der Waals surface area contributed by atoms with E-state index in [0.29, 0.717) is 0 Å². The van der Waals surface area contributed by atoms with Gasteiger partial charge in [0.05, 0.1) is 11.9 Å². The Morgan fingerprint density at radius 2 is 1.89 bits per heavy atom. The Hall–Kier alpha value is -3.25. The van der Waals surface area contributed by atoms with Gasteiger partial charge < -0.3 is 10.6 Å². The second-order valence-electron chi connectivity index (χ2n) is 6.10. The van der Waals surface area contributed by atoms with Gasteiger partial charge in [-0.1, -0.05) is 36.4 Å². The first-order chi connectivity index (χ1) is 13.3. The lowest BCUT2D eigenvalue weighted by atomic mass is 10.2. The molecule has 1 aromatic carbocycles. The van der Waals surface area contributed by atoms with Gasteiger partial charge in [-0.25, -0.2) is 15.0 Å². The van der Waals surface area contributed by atoms with Crippen molar-refractivity contribution in [3.05, 3.63) is 83.5 Å². The number of benzene rings is 1. The fourth-order valence-electron chi connectivity index (χ4n) is 2.70. The SMILES string of the molecule is Cc1cc(NCc2ccccc2)cnc1Nc1cccc(-c2nccs2)n1. The summed E-state index contributed by atoms with van der Waals surface area (Å²) < 4.78 is 0. The van der Waals surface area contributed by atoms with E-state index in [1.807, 2.05) is 54.9 Å². The Morgan fingerprint density at radius 3 is 2.67 bits per heavy atom. The summed E-state index contributed by atoms with van der Waals surface area (Å²) in [4.78, 5) is 13.5. The number of hydrogen-bond donors (Lipinski definition) is 2. The van der Waals surface area contributed by atoms with Crippen LogP contribution in [0.2, 0.25) is 0 Å². The zero-order valence-corrected chi connectivity index (χ0v) is 15.7. The summed E-state index contributed by atoms with van der Waals surface area (Å²) >= 11 is 1.57. The van der Waals surface area contributed by atoms with E-state index >= 15 is 0 Å². The van der Waals surface area contributed by atoms with Gasteiger partial charge in [0.15, 0.2) is 0 Å². The topological polar surface area (TPSA) is 62.7 Å². The van der Waals surface area contributed by atoms with E-state index in [2.05, 4.69) is 43.8 Å². The van der Waals surface area contributed by atoms with E-state index in [9.17, 15) is 0 Å². The third-order valence-electron chi connectivity index (χ3n) is 4.06. The van der Waals surface area contributed by atoms with Crippen LogP contribution in [0.4, 0.5) is 17.3 Å². The summed E-state index contributed by atoms with van der Waals surface area (Å²) in [6, 6.07) is 18.3. The molecule has 0 amide bonds. The number of aromatic nitrogens is 3. The lowest BCUT2D eigenvalue weighted by molar-refractivity contribution is 1.13. The smallest absolute Gasteiger partial charge is 0.141 e. The van der Waals surface area contributed by atoms with Crippen LogP contribution in [0.5, 0.6) is 0 Å². The number of nitrogens with zero attached hydrogens (tertiary/aromatic N) is 3. The first-order valence-corrected chi connectivity index (χ1v) is 9.54. The average Bonchev–Trinajstić information content (AvgIpc) is 3.24. The Morgan fingerprint density at radius 1 is 1.00 bits per heavy atom. The average molecular weight is 373 g/mol. The van der Waals surface area contributed by atoms with Gasteiger partial charge in [-0.3, -0.25) is 0 Å². The van der Waals surface area contributed by atoms with Crippen molar-refractivity contribution < 1.29 is 0 Å². The molecular weight excluding hydrogens is 354 g/mol. The summed E-state index contributed by atoms with van der Waals surface area (Å²) in [7, 11) is 0. The highest BCUT2D eigenvalue weighted by atomic mass is 32.1. The molecule has 4 aromatic rings. The van der Waals surface area contributed by atoms with Gasteiger partial charge in [0.1, 0.15) is 22.3 Å². The number of aryl methyl sites for hydroxylation is 1. The van der Waals surface area contributed by atoms with Crippen molar-refractivity contribution in [1.29, 1.82) is 0 Å². The van der Waals surface area contributed by atoms with Crippen LogP contribution in [0.3, 0.4) is 0 Å². The Balaban J connectivity index is 1.46. The van der Waals surface area contributed by atoms with E-state index in [1.54, 1.807) is 17.5 Å². The third kappa shape index (κ3) is 4.30. The molecule has 5 nitrogen and oxygen atoms in total. The van der Waals surface area contributed by atoms with Crippen LogP contribution in [0.25, 0.3) is 10.7 Å². The van der Waals surface area contributed by atoms with Crippen molar-refractivity contribution in [2.75, 3.05) is 10.6 Å². The minimum Gasteiger partial charge on any atom is -0.380 e. The van der Waals surface area contributed by atoms with Crippen molar-refractivity contribution in [3.8, 4) is 10.7 Å². The molecule has 0 fully saturated rings. The molecule has 0 aliphatic carbocycles. The molecule has 0 aliphatic heterocycles. The van der Waals surface area contributed by atoms with Gasteiger partial charge >= 0.3 is 0 Å². The molecule has 0 atom stereocenters. The summed E-state index contributed by atoms with van der Waals surface area (Å²) in [5, 5.41) is 9.56. The minimum absolute atomic E-state index is 0.753. The highest BCUT2D eigenvalue weighted by Crippen LogP contribution is 2.24. The van der Waals surface area contributed by atoms with Crippen molar-refractivity contribution in [2.24, 2.45) is 0 Å². The van der Waals surface area contributed by atoms with E-state index in [-0.39, 0.29) is 0 Å². The normalized spacial score (nSPS) is 10.6. The predicted octanol–water partition coefficient (Wildman–Crippen LogP) is 5.26. The number of hydrogen-bond acceptors (Lipinski definition) is 6. The maximum Gasteiger partial charge on any atom is 0.141 e. The van der Waals surface area contributed by atoms with Crippen molar-refractivity contribution in [1.82, 2.24) is 15.0 Å². The molecule has 2 N–H and O–H groups in total. The van der Waals surface area contributed by atoms with Crippen LogP contribution in [-0.2, 0) is 6.54 Å². The summed E-state index contributed by atoms with van der Waals surface area (Å²) in [6.45, 7) is 2.81. The highest BCUT2D eigenvalue weighted by Gasteiger charge is 2.06. The maximum atomic E-state index is 4.63. The molecule has 134 valence electrons. The van der Waals surface area contributed by atoms with E-state index in [1.165, 1.54) is 5.56 Å². The molecular formula is C21H19N5S. The molecule has 27 heavy (non-hydrogen) atoms. The Labute approximate surface area is 162 Å². The van der Waals surface area contributed by atoms with Crippen molar-refractivity contribution in [2.45, 2.75) is 13.5 Å². The number of thiazole rings is 1. The molecule has 0 aliphatic rings. The van der Waals surface area contributed by atoms with E-state index in [4.69, 9.17) is 0 Å². The molecule has 6 heteroatoms. The maximum absolute atomic E-state index is 4.63. The standard InChI is InChI=1S/C21H19N5S/c1-15-12-17(23-13-16-6-3-2-4-7-16)14-24-20(15)26-19-9-5-8-18(25-19)21-22-10-11-27-21/h2-12,14,23H,13H2,1H3,(H,24,25,26). The fourth-order valence-corrected chi connectivity index (χ4v) is 3.30. The first kappa shape index (κ1) is 17.2. The number of rotatable bonds is 6. The van der Waals surface area contributed by atoms with Crippen LogP contribution in [0.15, 0.2) is 72.4 Å². The monoisotopic (exact) mass is 373 g/mol. The lowest BCUT2D eigenvalue weighted by Crippen LogP contribution is -2.03. The molecule has 3 heterocycles. The molecule has 0 spiro atoms. The van der Waals surface area contributed by atoms with Crippen LogP contribution in [0, 0.1) is 6.92 Å². The van der Waals surface area contributed by atoms with Gasteiger partial charge in [0.25, 0.3) is 0 Å². The Bertz CT molecular complexity index is 1020. The van der Waals surface area contributed by atoms with Crippen molar-refractivity contribution >= 4 is 28.7 Å². The molecule has 0 saturated carbocycles. The van der Waals surface area contributed by atoms with Gasteiger partial charge in [0.2, 0.25) is 0 Å². The van der Waals surface area contributed by atoms with E-state index in [0.717, 1.165) is 40.1 Å². The zero-order valence-electron chi connectivity index (χ0n) is 14.9. The summed E-state index contributed by atoms with van der Waals surface area (Å²) in [5.41, 5.74) is 4.13. The molecule has 3 aromatic heterocycles. The van der Waals surface area contributed by atoms with E-state index < -0.39 is 0 Å².